The molecule has 0 amide bonds. The van der Waals surface area contributed by atoms with Gasteiger partial charge in [-0.1, -0.05) is 76.3 Å². The molecule has 0 saturated carbocycles. The Bertz CT molecular complexity index is 442. The van der Waals surface area contributed by atoms with Gasteiger partial charge in [0.05, 0.1) is 0 Å². The van der Waals surface area contributed by atoms with Crippen LogP contribution in [0.5, 0.6) is 0 Å². The molecule has 0 fully saturated rings. The standard InChI is InChI=1S/C21H35NO2/c1-3-4-5-6-7-8-9-10-19-11-13-20(14-12-19)17-22-16-15-21(24)18(2)23/h11-14,21-24H,2-10,15-17H2,1H3. The first-order valence-electron chi connectivity index (χ1n) is 9.47. The fourth-order valence-corrected chi connectivity index (χ4v) is 2.75. The lowest BCUT2D eigenvalue weighted by atomic mass is 10.0. The molecule has 0 bridgehead atoms. The summed E-state index contributed by atoms with van der Waals surface area (Å²) in [5.41, 5.74) is 2.66. The van der Waals surface area contributed by atoms with Crippen molar-refractivity contribution >= 4 is 0 Å². The van der Waals surface area contributed by atoms with E-state index in [1.807, 2.05) is 0 Å². The molecule has 1 aromatic carbocycles. The second kappa shape index (κ2) is 13.0. The van der Waals surface area contributed by atoms with Crippen LogP contribution in [-0.2, 0) is 13.0 Å². The highest BCUT2D eigenvalue weighted by Crippen LogP contribution is 2.11. The number of hydrogen-bond acceptors (Lipinski definition) is 3. The van der Waals surface area contributed by atoms with Crippen LogP contribution >= 0.6 is 0 Å². The van der Waals surface area contributed by atoms with Gasteiger partial charge in [0.2, 0.25) is 0 Å². The number of nitrogens with one attached hydrogen (secondary N) is 1. The summed E-state index contributed by atoms with van der Waals surface area (Å²) in [7, 11) is 0. The van der Waals surface area contributed by atoms with Crippen molar-refractivity contribution in [1.29, 1.82) is 0 Å². The average Bonchev–Trinajstić information content (AvgIpc) is 2.58. The summed E-state index contributed by atoms with van der Waals surface area (Å²) >= 11 is 0. The van der Waals surface area contributed by atoms with E-state index in [0.29, 0.717) is 13.0 Å². The number of rotatable bonds is 14. The molecule has 24 heavy (non-hydrogen) atoms. The summed E-state index contributed by atoms with van der Waals surface area (Å²) in [5, 5.41) is 21.7. The first-order valence-corrected chi connectivity index (χ1v) is 9.47. The zero-order chi connectivity index (χ0) is 17.6. The van der Waals surface area contributed by atoms with E-state index in [4.69, 9.17) is 5.11 Å². The van der Waals surface area contributed by atoms with Crippen LogP contribution in [0.2, 0.25) is 0 Å². The highest BCUT2D eigenvalue weighted by Gasteiger charge is 2.05. The maximum Gasteiger partial charge on any atom is 0.114 e. The van der Waals surface area contributed by atoms with Gasteiger partial charge in [0, 0.05) is 6.54 Å². The van der Waals surface area contributed by atoms with Gasteiger partial charge in [-0.25, -0.2) is 0 Å². The van der Waals surface area contributed by atoms with Crippen LogP contribution in [0, 0.1) is 0 Å². The maximum atomic E-state index is 9.43. The molecule has 136 valence electrons. The predicted octanol–water partition coefficient (Wildman–Crippen LogP) is 4.89. The Morgan fingerprint density at radius 1 is 1.00 bits per heavy atom. The van der Waals surface area contributed by atoms with Crippen LogP contribution in [0.1, 0.15) is 69.4 Å². The fraction of sp³-hybridized carbons (Fsp3) is 0.619. The lowest BCUT2D eigenvalue weighted by Gasteiger charge is -2.10. The number of benzene rings is 1. The molecule has 0 saturated heterocycles. The van der Waals surface area contributed by atoms with Crippen LogP contribution in [0.15, 0.2) is 36.6 Å². The lowest BCUT2D eigenvalue weighted by molar-refractivity contribution is 0.145. The Hall–Kier alpha value is -1.32. The third kappa shape index (κ3) is 9.74. The van der Waals surface area contributed by atoms with Crippen LogP contribution in [0.25, 0.3) is 0 Å². The van der Waals surface area contributed by atoms with Crippen LogP contribution < -0.4 is 5.32 Å². The number of unbranched alkanes of at least 4 members (excludes halogenated alkanes) is 6. The minimum Gasteiger partial charge on any atom is -0.510 e. The van der Waals surface area contributed by atoms with Crippen LogP contribution in [0.3, 0.4) is 0 Å². The van der Waals surface area contributed by atoms with Gasteiger partial charge in [-0.15, -0.1) is 0 Å². The Balaban J connectivity index is 2.11. The smallest absolute Gasteiger partial charge is 0.114 e. The molecule has 0 aliphatic carbocycles. The van der Waals surface area contributed by atoms with Crippen molar-refractivity contribution < 1.29 is 10.2 Å². The summed E-state index contributed by atoms with van der Waals surface area (Å²) in [6.07, 6.45) is 10.3. The van der Waals surface area contributed by atoms with Gasteiger partial charge in [-0.05, 0) is 36.9 Å². The fourth-order valence-electron chi connectivity index (χ4n) is 2.75. The quantitative estimate of drug-likeness (QED) is 0.335. The number of aliphatic hydroxyl groups is 2. The topological polar surface area (TPSA) is 52.5 Å². The summed E-state index contributed by atoms with van der Waals surface area (Å²) in [6.45, 7) is 7.02. The summed E-state index contributed by atoms with van der Waals surface area (Å²) in [4.78, 5) is 0. The molecule has 0 aromatic heterocycles. The van der Waals surface area contributed by atoms with Crippen molar-refractivity contribution in [3.8, 4) is 0 Å². The molecule has 0 aliphatic heterocycles. The molecule has 1 aromatic rings. The van der Waals surface area contributed by atoms with Gasteiger partial charge < -0.3 is 15.5 Å². The maximum absolute atomic E-state index is 9.43. The zero-order valence-corrected chi connectivity index (χ0v) is 15.3. The molecule has 3 nitrogen and oxygen atoms in total. The lowest BCUT2D eigenvalue weighted by Crippen LogP contribution is -2.21. The first kappa shape index (κ1) is 20.7. The Morgan fingerprint density at radius 3 is 2.21 bits per heavy atom. The average molecular weight is 334 g/mol. The minimum atomic E-state index is -0.832. The molecule has 3 N–H and O–H groups in total. The second-order valence-corrected chi connectivity index (χ2v) is 6.66. The van der Waals surface area contributed by atoms with Crippen molar-refractivity contribution in [3.63, 3.8) is 0 Å². The molecule has 1 unspecified atom stereocenters. The third-order valence-corrected chi connectivity index (χ3v) is 4.40. The van der Waals surface area contributed by atoms with Gasteiger partial charge in [0.1, 0.15) is 11.9 Å². The normalized spacial score (nSPS) is 12.2. The van der Waals surface area contributed by atoms with E-state index in [1.165, 1.54) is 62.5 Å². The van der Waals surface area contributed by atoms with Gasteiger partial charge in [-0.2, -0.15) is 0 Å². The monoisotopic (exact) mass is 333 g/mol. The second-order valence-electron chi connectivity index (χ2n) is 6.66. The number of aliphatic hydroxyl groups excluding tert-OH is 2. The molecular formula is C21H35NO2. The van der Waals surface area contributed by atoms with Gasteiger partial charge in [0.15, 0.2) is 0 Å². The van der Waals surface area contributed by atoms with E-state index in [9.17, 15) is 5.11 Å². The van der Waals surface area contributed by atoms with Crippen molar-refractivity contribution in [1.82, 2.24) is 5.32 Å². The molecule has 0 heterocycles. The zero-order valence-electron chi connectivity index (χ0n) is 15.3. The molecular weight excluding hydrogens is 298 g/mol. The van der Waals surface area contributed by atoms with E-state index in [1.54, 1.807) is 0 Å². The number of aryl methyl sites for hydroxylation is 1. The first-order chi connectivity index (χ1) is 11.6. The molecule has 3 heteroatoms. The summed E-state index contributed by atoms with van der Waals surface area (Å²) in [5.74, 6) is -0.161. The Kier molecular flexibility index (Phi) is 11.2. The predicted molar refractivity (Wildman–Crippen MR) is 102 cm³/mol. The molecule has 0 radical (unpaired) electrons. The van der Waals surface area contributed by atoms with Gasteiger partial charge in [-0.3, -0.25) is 0 Å². The highest BCUT2D eigenvalue weighted by molar-refractivity contribution is 5.22. The largest absolute Gasteiger partial charge is 0.510 e. The van der Waals surface area contributed by atoms with Gasteiger partial charge in [0.25, 0.3) is 0 Å². The minimum absolute atomic E-state index is 0.161. The van der Waals surface area contributed by atoms with E-state index in [-0.39, 0.29) is 5.76 Å². The number of hydrogen-bond donors (Lipinski definition) is 3. The molecule has 0 aliphatic rings. The van der Waals surface area contributed by atoms with Crippen molar-refractivity contribution in [2.24, 2.45) is 0 Å². The molecule has 1 atom stereocenters. The van der Waals surface area contributed by atoms with E-state index in [0.717, 1.165) is 6.54 Å². The molecule has 1 rings (SSSR count). The summed E-state index contributed by atoms with van der Waals surface area (Å²) < 4.78 is 0. The SMILES string of the molecule is C=C(O)C(O)CCNCc1ccc(CCCCCCCCC)cc1. The van der Waals surface area contributed by atoms with Crippen LogP contribution in [-0.4, -0.2) is 22.9 Å². The van der Waals surface area contributed by atoms with Crippen molar-refractivity contribution in [3.05, 3.63) is 47.7 Å². The van der Waals surface area contributed by atoms with Crippen molar-refractivity contribution in [2.45, 2.75) is 77.4 Å². The Labute approximate surface area is 147 Å². The highest BCUT2D eigenvalue weighted by atomic mass is 16.3. The van der Waals surface area contributed by atoms with Crippen LogP contribution in [0.4, 0.5) is 0 Å². The van der Waals surface area contributed by atoms with E-state index >= 15 is 0 Å². The van der Waals surface area contributed by atoms with E-state index in [2.05, 4.69) is 43.1 Å². The molecule has 0 spiro atoms. The van der Waals surface area contributed by atoms with Gasteiger partial charge >= 0.3 is 0 Å². The van der Waals surface area contributed by atoms with Crippen molar-refractivity contribution in [2.75, 3.05) is 6.54 Å². The summed E-state index contributed by atoms with van der Waals surface area (Å²) in [6, 6.07) is 8.78. The Morgan fingerprint density at radius 2 is 1.58 bits per heavy atom. The third-order valence-electron chi connectivity index (χ3n) is 4.40. The van der Waals surface area contributed by atoms with E-state index < -0.39 is 6.10 Å².